The summed E-state index contributed by atoms with van der Waals surface area (Å²) in [7, 11) is 1.72. The van der Waals surface area contributed by atoms with Crippen molar-refractivity contribution in [1.82, 2.24) is 19.7 Å². The van der Waals surface area contributed by atoms with E-state index >= 15 is 0 Å². The van der Waals surface area contributed by atoms with Crippen molar-refractivity contribution in [2.24, 2.45) is 7.05 Å². The number of amides is 1. The fourth-order valence-corrected chi connectivity index (χ4v) is 3.41. The highest BCUT2D eigenvalue weighted by Gasteiger charge is 2.20. The van der Waals surface area contributed by atoms with Gasteiger partial charge in [-0.3, -0.25) is 14.3 Å². The molecule has 0 saturated carbocycles. The first kappa shape index (κ1) is 21.4. The molecule has 30 heavy (non-hydrogen) atoms. The summed E-state index contributed by atoms with van der Waals surface area (Å²) in [6, 6.07) is 10.9. The standard InChI is InChI=1S/C23H28N4O3/c1-5-12-27-17(3)19(16(2)25-27)14-24-23(29)21-22(20(28)11-13-26(21)4)30-15-18-9-7-6-8-10-18/h6-11,13H,5,12,14-15H2,1-4H3,(H,24,29). The van der Waals surface area contributed by atoms with Crippen LogP contribution in [0.1, 0.15) is 46.3 Å². The maximum atomic E-state index is 13.0. The molecule has 0 unspecified atom stereocenters. The third-order valence-corrected chi connectivity index (χ3v) is 5.07. The van der Waals surface area contributed by atoms with Crippen LogP contribution in [0, 0.1) is 13.8 Å². The molecule has 0 atom stereocenters. The van der Waals surface area contributed by atoms with Crippen molar-refractivity contribution in [3.63, 3.8) is 0 Å². The molecular formula is C23H28N4O3. The van der Waals surface area contributed by atoms with Crippen molar-refractivity contribution >= 4 is 5.91 Å². The molecule has 0 spiro atoms. The molecule has 0 aliphatic heterocycles. The van der Waals surface area contributed by atoms with Gasteiger partial charge in [0.1, 0.15) is 6.61 Å². The molecule has 0 radical (unpaired) electrons. The van der Waals surface area contributed by atoms with Crippen LogP contribution in [0.5, 0.6) is 5.75 Å². The predicted octanol–water partition coefficient (Wildman–Crippen LogP) is 3.12. The van der Waals surface area contributed by atoms with Crippen LogP contribution in [0.15, 0.2) is 47.4 Å². The Hall–Kier alpha value is -3.35. The molecule has 1 aromatic carbocycles. The SMILES string of the molecule is CCCn1nc(C)c(CNC(=O)c2c(OCc3ccccc3)c(=O)ccn2C)c1C. The summed E-state index contributed by atoms with van der Waals surface area (Å²) in [6.45, 7) is 7.43. The number of nitrogens with zero attached hydrogens (tertiary/aromatic N) is 3. The third kappa shape index (κ3) is 4.62. The second-order valence-corrected chi connectivity index (χ2v) is 7.30. The molecule has 3 rings (SSSR count). The largest absolute Gasteiger partial charge is 0.483 e. The monoisotopic (exact) mass is 408 g/mol. The van der Waals surface area contributed by atoms with Gasteiger partial charge in [0.25, 0.3) is 5.91 Å². The van der Waals surface area contributed by atoms with Gasteiger partial charge in [-0.2, -0.15) is 5.10 Å². The Kier molecular flexibility index (Phi) is 6.72. The fourth-order valence-electron chi connectivity index (χ4n) is 3.41. The number of benzene rings is 1. The van der Waals surface area contributed by atoms with Crippen molar-refractivity contribution in [2.75, 3.05) is 0 Å². The highest BCUT2D eigenvalue weighted by Crippen LogP contribution is 2.17. The topological polar surface area (TPSA) is 78.2 Å². The van der Waals surface area contributed by atoms with E-state index < -0.39 is 0 Å². The van der Waals surface area contributed by atoms with Gasteiger partial charge < -0.3 is 14.6 Å². The number of aryl methyl sites for hydroxylation is 3. The lowest BCUT2D eigenvalue weighted by Gasteiger charge is -2.15. The molecule has 1 N–H and O–H groups in total. The van der Waals surface area contributed by atoms with Crippen LogP contribution in [0.3, 0.4) is 0 Å². The van der Waals surface area contributed by atoms with Gasteiger partial charge in [-0.25, -0.2) is 0 Å². The summed E-state index contributed by atoms with van der Waals surface area (Å²) < 4.78 is 9.35. The van der Waals surface area contributed by atoms with Crippen LogP contribution in [0.4, 0.5) is 0 Å². The Morgan fingerprint density at radius 1 is 1.17 bits per heavy atom. The maximum absolute atomic E-state index is 13.0. The summed E-state index contributed by atoms with van der Waals surface area (Å²) >= 11 is 0. The molecule has 0 fully saturated rings. The van der Waals surface area contributed by atoms with E-state index in [1.807, 2.05) is 48.9 Å². The highest BCUT2D eigenvalue weighted by atomic mass is 16.5. The van der Waals surface area contributed by atoms with E-state index in [0.29, 0.717) is 6.54 Å². The van der Waals surface area contributed by atoms with Crippen molar-refractivity contribution in [1.29, 1.82) is 0 Å². The molecule has 2 heterocycles. The minimum atomic E-state index is -0.361. The number of aromatic nitrogens is 3. The Balaban J connectivity index is 1.80. The van der Waals surface area contributed by atoms with Crippen molar-refractivity contribution in [3.05, 3.63) is 81.0 Å². The quantitative estimate of drug-likeness (QED) is 0.621. The normalized spacial score (nSPS) is 10.8. The average molecular weight is 409 g/mol. The Morgan fingerprint density at radius 3 is 2.60 bits per heavy atom. The number of carbonyl (C=O) groups excluding carboxylic acids is 1. The minimum absolute atomic E-state index is 0.0523. The van der Waals surface area contributed by atoms with Gasteiger partial charge >= 0.3 is 0 Å². The van der Waals surface area contributed by atoms with E-state index in [4.69, 9.17) is 4.74 Å². The summed E-state index contributed by atoms with van der Waals surface area (Å²) in [5, 5.41) is 7.48. The smallest absolute Gasteiger partial charge is 0.272 e. The van der Waals surface area contributed by atoms with E-state index in [1.165, 1.54) is 6.07 Å². The summed E-state index contributed by atoms with van der Waals surface area (Å²) in [5.41, 5.74) is 3.72. The summed E-state index contributed by atoms with van der Waals surface area (Å²) in [4.78, 5) is 25.4. The summed E-state index contributed by atoms with van der Waals surface area (Å²) in [6.07, 6.45) is 2.56. The molecule has 7 heteroatoms. The molecule has 0 aliphatic carbocycles. The van der Waals surface area contributed by atoms with Crippen LogP contribution >= 0.6 is 0 Å². The molecule has 0 saturated heterocycles. The second kappa shape index (κ2) is 9.43. The van der Waals surface area contributed by atoms with Gasteiger partial charge in [0.2, 0.25) is 5.43 Å². The third-order valence-electron chi connectivity index (χ3n) is 5.07. The van der Waals surface area contributed by atoms with E-state index in [1.54, 1.807) is 17.8 Å². The Bertz CT molecular complexity index is 1080. The lowest BCUT2D eigenvalue weighted by Crippen LogP contribution is -2.29. The van der Waals surface area contributed by atoms with Crippen molar-refractivity contribution in [2.45, 2.75) is 46.9 Å². The molecule has 2 aromatic heterocycles. The Morgan fingerprint density at radius 2 is 1.90 bits per heavy atom. The highest BCUT2D eigenvalue weighted by molar-refractivity contribution is 5.95. The van der Waals surface area contributed by atoms with Crippen LogP contribution < -0.4 is 15.5 Å². The molecule has 158 valence electrons. The van der Waals surface area contributed by atoms with Crippen LogP contribution in [-0.4, -0.2) is 20.3 Å². The lowest BCUT2D eigenvalue weighted by atomic mass is 10.2. The molecule has 0 aliphatic rings. The number of pyridine rings is 1. The lowest BCUT2D eigenvalue weighted by molar-refractivity contribution is 0.0936. The van der Waals surface area contributed by atoms with Crippen molar-refractivity contribution in [3.8, 4) is 5.75 Å². The average Bonchev–Trinajstić information content (AvgIpc) is 3.00. The molecule has 0 bridgehead atoms. The first-order chi connectivity index (χ1) is 14.4. The first-order valence-electron chi connectivity index (χ1n) is 10.1. The summed E-state index contributed by atoms with van der Waals surface area (Å²) in [5.74, 6) is -0.309. The number of hydrogen-bond acceptors (Lipinski definition) is 4. The number of carbonyl (C=O) groups is 1. The zero-order valence-electron chi connectivity index (χ0n) is 17.9. The van der Waals surface area contributed by atoms with E-state index in [-0.39, 0.29) is 29.4 Å². The van der Waals surface area contributed by atoms with E-state index in [2.05, 4.69) is 17.3 Å². The van der Waals surface area contributed by atoms with Gasteiger partial charge in [-0.15, -0.1) is 0 Å². The molecular weight excluding hydrogens is 380 g/mol. The van der Waals surface area contributed by atoms with Crippen LogP contribution in [-0.2, 0) is 26.7 Å². The van der Waals surface area contributed by atoms with Crippen LogP contribution in [0.2, 0.25) is 0 Å². The number of ether oxygens (including phenoxy) is 1. The van der Waals surface area contributed by atoms with E-state index in [9.17, 15) is 9.59 Å². The van der Waals surface area contributed by atoms with Gasteiger partial charge in [-0.1, -0.05) is 37.3 Å². The number of rotatable bonds is 8. The molecule has 7 nitrogen and oxygen atoms in total. The zero-order chi connectivity index (χ0) is 21.7. The molecule has 3 aromatic rings. The Labute approximate surface area is 176 Å². The van der Waals surface area contributed by atoms with Gasteiger partial charge in [0, 0.05) is 43.7 Å². The predicted molar refractivity (Wildman–Crippen MR) is 116 cm³/mol. The van der Waals surface area contributed by atoms with Crippen molar-refractivity contribution < 1.29 is 9.53 Å². The van der Waals surface area contributed by atoms with Gasteiger partial charge in [0.05, 0.1) is 5.69 Å². The number of nitrogens with one attached hydrogen (secondary N) is 1. The minimum Gasteiger partial charge on any atom is -0.483 e. The van der Waals surface area contributed by atoms with Gasteiger partial charge in [-0.05, 0) is 25.8 Å². The fraction of sp³-hybridized carbons (Fsp3) is 0.348. The first-order valence-corrected chi connectivity index (χ1v) is 10.1. The number of hydrogen-bond donors (Lipinski definition) is 1. The molecule has 1 amide bonds. The van der Waals surface area contributed by atoms with Gasteiger partial charge in [0.15, 0.2) is 11.4 Å². The zero-order valence-corrected chi connectivity index (χ0v) is 17.9. The second-order valence-electron chi connectivity index (χ2n) is 7.30. The van der Waals surface area contributed by atoms with Crippen LogP contribution in [0.25, 0.3) is 0 Å². The van der Waals surface area contributed by atoms with E-state index in [0.717, 1.165) is 35.5 Å². The maximum Gasteiger partial charge on any atom is 0.272 e.